The molecule has 0 saturated carbocycles. The molecule has 1 aliphatic rings. The number of nitrogens with one attached hydrogen (secondary N) is 1. The van der Waals surface area contributed by atoms with Crippen molar-refractivity contribution in [3.8, 4) is 11.3 Å². The highest BCUT2D eigenvalue weighted by Gasteiger charge is 2.21. The van der Waals surface area contributed by atoms with E-state index >= 15 is 0 Å². The van der Waals surface area contributed by atoms with Crippen LogP contribution in [0.3, 0.4) is 0 Å². The maximum atomic E-state index is 14.9. The number of benzene rings is 1. The lowest BCUT2D eigenvalue weighted by Gasteiger charge is -2.36. The lowest BCUT2D eigenvalue weighted by atomic mass is 10.0. The van der Waals surface area contributed by atoms with Gasteiger partial charge in [-0.05, 0) is 72.0 Å². The van der Waals surface area contributed by atoms with Gasteiger partial charge in [-0.2, -0.15) is 0 Å². The molecule has 0 spiro atoms. The van der Waals surface area contributed by atoms with E-state index < -0.39 is 11.6 Å². The minimum Gasteiger partial charge on any atom is -0.370 e. The van der Waals surface area contributed by atoms with Crippen LogP contribution in [0.25, 0.3) is 22.3 Å². The van der Waals surface area contributed by atoms with Gasteiger partial charge in [0.25, 0.3) is 0 Å². The Hall–Kier alpha value is -3.66. The second-order valence-electron chi connectivity index (χ2n) is 10.0. The minimum absolute atomic E-state index is 0.00726. The van der Waals surface area contributed by atoms with Crippen molar-refractivity contribution in [2.75, 3.05) is 37.4 Å². The Labute approximate surface area is 215 Å². The van der Waals surface area contributed by atoms with Crippen molar-refractivity contribution in [1.29, 1.82) is 0 Å². The Morgan fingerprint density at radius 3 is 2.41 bits per heavy atom. The van der Waals surface area contributed by atoms with E-state index in [9.17, 15) is 8.78 Å². The first-order valence-corrected chi connectivity index (χ1v) is 12.6. The number of aryl methyl sites for hydroxylation is 1. The fourth-order valence-electron chi connectivity index (χ4n) is 5.09. The standard InChI is InChI=1S/C27H32F2N8/c1-16(2)37-17(3)32-26-21(28)12-18(13-23(26)37)25-22(29)15-31-27(34-25)33-24-7-6-20(14-30-24)36-10-8-19(9-11-36)35(4)5/h6-7,12-16,19H,8-11H2,1-5H3,(H,30,31,33,34). The molecule has 0 atom stereocenters. The summed E-state index contributed by atoms with van der Waals surface area (Å²) in [7, 11) is 4.25. The Balaban J connectivity index is 1.38. The number of rotatable bonds is 6. The predicted octanol–water partition coefficient (Wildman–Crippen LogP) is 5.33. The molecule has 0 unspecified atom stereocenters. The lowest BCUT2D eigenvalue weighted by Crippen LogP contribution is -2.42. The molecular formula is C27H32F2N8. The van der Waals surface area contributed by atoms with Gasteiger partial charge in [0.15, 0.2) is 11.6 Å². The van der Waals surface area contributed by atoms with E-state index in [0.717, 1.165) is 37.8 Å². The third-order valence-corrected chi connectivity index (χ3v) is 7.01. The minimum atomic E-state index is -0.638. The Morgan fingerprint density at radius 1 is 1.00 bits per heavy atom. The van der Waals surface area contributed by atoms with Gasteiger partial charge in [-0.3, -0.25) is 0 Å². The van der Waals surface area contributed by atoms with Crippen LogP contribution >= 0.6 is 0 Å². The number of hydrogen-bond donors (Lipinski definition) is 1. The normalized spacial score (nSPS) is 14.8. The zero-order chi connectivity index (χ0) is 26.3. The summed E-state index contributed by atoms with van der Waals surface area (Å²) in [5.41, 5.74) is 2.25. The van der Waals surface area contributed by atoms with Gasteiger partial charge in [-0.1, -0.05) is 0 Å². The second kappa shape index (κ2) is 10.0. The van der Waals surface area contributed by atoms with Crippen molar-refractivity contribution in [3.63, 3.8) is 0 Å². The number of pyridine rings is 1. The van der Waals surface area contributed by atoms with Crippen molar-refractivity contribution in [3.05, 3.63) is 54.1 Å². The van der Waals surface area contributed by atoms with Crippen LogP contribution in [0.1, 0.15) is 38.6 Å². The van der Waals surface area contributed by atoms with Crippen molar-refractivity contribution in [2.45, 2.75) is 45.7 Å². The van der Waals surface area contributed by atoms with E-state index in [1.165, 1.54) is 6.07 Å². The van der Waals surface area contributed by atoms with Gasteiger partial charge in [0.2, 0.25) is 5.95 Å². The number of halogens is 2. The van der Waals surface area contributed by atoms with Gasteiger partial charge in [-0.25, -0.2) is 28.7 Å². The molecule has 4 aromatic rings. The molecule has 194 valence electrons. The molecule has 0 aliphatic carbocycles. The average molecular weight is 507 g/mol. The summed E-state index contributed by atoms with van der Waals surface area (Å²) < 4.78 is 31.7. The molecule has 1 saturated heterocycles. The van der Waals surface area contributed by atoms with Gasteiger partial charge >= 0.3 is 0 Å². The van der Waals surface area contributed by atoms with Gasteiger partial charge in [-0.15, -0.1) is 0 Å². The molecule has 4 heterocycles. The molecule has 37 heavy (non-hydrogen) atoms. The zero-order valence-electron chi connectivity index (χ0n) is 21.8. The van der Waals surface area contributed by atoms with Gasteiger partial charge < -0.3 is 19.7 Å². The van der Waals surface area contributed by atoms with Crippen LogP contribution in [0.15, 0.2) is 36.7 Å². The molecule has 10 heteroatoms. The predicted molar refractivity (Wildman–Crippen MR) is 142 cm³/mol. The molecule has 1 N–H and O–H groups in total. The van der Waals surface area contributed by atoms with Crippen LogP contribution in [0.2, 0.25) is 0 Å². The summed E-state index contributed by atoms with van der Waals surface area (Å²) in [6.45, 7) is 7.79. The molecule has 1 aromatic carbocycles. The highest BCUT2D eigenvalue weighted by Crippen LogP contribution is 2.30. The van der Waals surface area contributed by atoms with Crippen molar-refractivity contribution >= 4 is 28.5 Å². The number of hydrogen-bond acceptors (Lipinski definition) is 7. The molecule has 5 rings (SSSR count). The van der Waals surface area contributed by atoms with Crippen molar-refractivity contribution in [2.24, 2.45) is 0 Å². The molecule has 8 nitrogen and oxygen atoms in total. The number of imidazole rings is 1. The molecule has 1 fully saturated rings. The molecular weight excluding hydrogens is 474 g/mol. The fourth-order valence-corrected chi connectivity index (χ4v) is 5.09. The summed E-state index contributed by atoms with van der Waals surface area (Å²) in [4.78, 5) is 21.9. The van der Waals surface area contributed by atoms with Crippen LogP contribution in [0, 0.1) is 18.6 Å². The largest absolute Gasteiger partial charge is 0.370 e. The second-order valence-corrected chi connectivity index (χ2v) is 10.0. The number of anilines is 3. The highest BCUT2D eigenvalue weighted by atomic mass is 19.1. The summed E-state index contributed by atoms with van der Waals surface area (Å²) >= 11 is 0. The Morgan fingerprint density at radius 2 is 1.76 bits per heavy atom. The maximum absolute atomic E-state index is 14.9. The van der Waals surface area contributed by atoms with Crippen LogP contribution in [-0.2, 0) is 0 Å². The van der Waals surface area contributed by atoms with E-state index in [1.54, 1.807) is 6.07 Å². The summed E-state index contributed by atoms with van der Waals surface area (Å²) in [6, 6.07) is 7.53. The van der Waals surface area contributed by atoms with Gasteiger partial charge in [0, 0.05) is 30.7 Å². The van der Waals surface area contributed by atoms with Gasteiger partial charge in [0.1, 0.15) is 22.9 Å². The van der Waals surface area contributed by atoms with Crippen molar-refractivity contribution in [1.82, 2.24) is 29.4 Å². The van der Waals surface area contributed by atoms with Crippen LogP contribution in [-0.4, -0.2) is 62.6 Å². The molecule has 0 bridgehead atoms. The van der Waals surface area contributed by atoms with Crippen LogP contribution in [0.4, 0.5) is 26.2 Å². The number of aromatic nitrogens is 5. The molecule has 0 radical (unpaired) electrons. The fraction of sp³-hybridized carbons (Fsp3) is 0.407. The molecule has 1 aliphatic heterocycles. The third-order valence-electron chi connectivity index (χ3n) is 7.01. The number of nitrogens with zero attached hydrogens (tertiary/aromatic N) is 7. The van der Waals surface area contributed by atoms with Gasteiger partial charge in [0.05, 0.1) is 23.6 Å². The quantitative estimate of drug-likeness (QED) is 0.379. The van der Waals surface area contributed by atoms with E-state index in [4.69, 9.17) is 0 Å². The smallest absolute Gasteiger partial charge is 0.229 e. The Kier molecular flexibility index (Phi) is 6.76. The monoisotopic (exact) mass is 506 g/mol. The zero-order valence-corrected chi connectivity index (χ0v) is 21.8. The van der Waals surface area contributed by atoms with Crippen LogP contribution < -0.4 is 10.2 Å². The summed E-state index contributed by atoms with van der Waals surface area (Å²) in [5.74, 6) is 0.260. The maximum Gasteiger partial charge on any atom is 0.229 e. The number of piperidine rings is 1. The first-order chi connectivity index (χ1) is 17.7. The lowest BCUT2D eigenvalue weighted by molar-refractivity contribution is 0.249. The first kappa shape index (κ1) is 25.0. The topological polar surface area (TPSA) is 75.0 Å². The Bertz CT molecular complexity index is 1410. The molecule has 0 amide bonds. The van der Waals surface area contributed by atoms with E-state index in [-0.39, 0.29) is 23.2 Å². The van der Waals surface area contributed by atoms with Crippen LogP contribution in [0.5, 0.6) is 0 Å². The third kappa shape index (κ3) is 4.98. The van der Waals surface area contributed by atoms with E-state index in [2.05, 4.69) is 49.1 Å². The number of fused-ring (bicyclic) bond motifs is 1. The van der Waals surface area contributed by atoms with E-state index in [0.29, 0.717) is 28.8 Å². The first-order valence-electron chi connectivity index (χ1n) is 12.6. The van der Waals surface area contributed by atoms with Crippen molar-refractivity contribution < 1.29 is 8.78 Å². The summed E-state index contributed by atoms with van der Waals surface area (Å²) in [6.07, 6.45) is 5.13. The average Bonchev–Trinajstić information content (AvgIpc) is 3.22. The highest BCUT2D eigenvalue weighted by molar-refractivity contribution is 5.83. The SMILES string of the molecule is Cc1nc2c(F)cc(-c3nc(Nc4ccc(N5CCC(N(C)C)CC5)cn4)ncc3F)cc2n1C(C)C. The molecule has 3 aromatic heterocycles. The summed E-state index contributed by atoms with van der Waals surface area (Å²) in [5, 5.41) is 3.04. The van der Waals surface area contributed by atoms with E-state index in [1.807, 2.05) is 43.7 Å².